The Kier molecular flexibility index (Phi) is 5.92. The predicted octanol–water partition coefficient (Wildman–Crippen LogP) is 3.60. The van der Waals surface area contributed by atoms with Crippen molar-refractivity contribution in [2.75, 3.05) is 13.7 Å². The molecule has 1 saturated heterocycles. The summed E-state index contributed by atoms with van der Waals surface area (Å²) in [5.41, 5.74) is 0.740. The van der Waals surface area contributed by atoms with E-state index in [1.807, 2.05) is 6.92 Å². The lowest BCUT2D eigenvalue weighted by atomic mass is 10.2. The van der Waals surface area contributed by atoms with Crippen LogP contribution in [0.25, 0.3) is 6.08 Å². The minimum Gasteiger partial charge on any atom is -0.504 e. The van der Waals surface area contributed by atoms with E-state index in [9.17, 15) is 9.90 Å². The SMILES string of the molecule is C=CCN1C(=O)/C(=C/c2ccc(O)c(OC)c2)S/C1=N\c1nnc(CC)s1. The highest BCUT2D eigenvalue weighted by atomic mass is 32.2. The molecule has 140 valence electrons. The van der Waals surface area contributed by atoms with Crippen molar-refractivity contribution in [2.45, 2.75) is 13.3 Å². The lowest BCUT2D eigenvalue weighted by molar-refractivity contribution is -0.121. The number of hydrogen-bond acceptors (Lipinski definition) is 8. The van der Waals surface area contributed by atoms with Crippen molar-refractivity contribution in [3.63, 3.8) is 0 Å². The highest BCUT2D eigenvalue weighted by molar-refractivity contribution is 8.18. The third-order valence-electron chi connectivity index (χ3n) is 3.65. The molecule has 0 radical (unpaired) electrons. The van der Waals surface area contributed by atoms with Gasteiger partial charge < -0.3 is 9.84 Å². The fraction of sp³-hybridized carbons (Fsp3) is 0.222. The maximum Gasteiger partial charge on any atom is 0.267 e. The first-order chi connectivity index (χ1) is 13.0. The number of amides is 1. The number of aromatic hydroxyl groups is 1. The van der Waals surface area contributed by atoms with Crippen LogP contribution in [0.1, 0.15) is 17.5 Å². The van der Waals surface area contributed by atoms with Gasteiger partial charge in [0.2, 0.25) is 5.13 Å². The van der Waals surface area contributed by atoms with Crippen molar-refractivity contribution in [1.82, 2.24) is 15.1 Å². The Balaban J connectivity index is 1.93. The van der Waals surface area contributed by atoms with E-state index in [4.69, 9.17) is 4.74 Å². The number of hydrogen-bond donors (Lipinski definition) is 1. The first-order valence-corrected chi connectivity index (χ1v) is 9.79. The van der Waals surface area contributed by atoms with Crippen LogP contribution in [-0.2, 0) is 11.2 Å². The van der Waals surface area contributed by atoms with E-state index in [1.54, 1.807) is 29.2 Å². The maximum atomic E-state index is 12.8. The minimum atomic E-state index is -0.161. The number of nitrogens with zero attached hydrogens (tertiary/aromatic N) is 4. The average Bonchev–Trinajstić information content (AvgIpc) is 3.23. The quantitative estimate of drug-likeness (QED) is 0.587. The van der Waals surface area contributed by atoms with Crippen molar-refractivity contribution in [3.05, 3.63) is 46.3 Å². The lowest BCUT2D eigenvalue weighted by Crippen LogP contribution is -2.29. The number of phenols is 1. The van der Waals surface area contributed by atoms with Crippen LogP contribution in [0, 0.1) is 0 Å². The van der Waals surface area contributed by atoms with Gasteiger partial charge in [-0.3, -0.25) is 9.69 Å². The van der Waals surface area contributed by atoms with Gasteiger partial charge in [-0.1, -0.05) is 30.4 Å². The summed E-state index contributed by atoms with van der Waals surface area (Å²) in [6.07, 6.45) is 4.18. The predicted molar refractivity (Wildman–Crippen MR) is 109 cm³/mol. The smallest absolute Gasteiger partial charge is 0.267 e. The van der Waals surface area contributed by atoms with Crippen LogP contribution in [0.2, 0.25) is 0 Å². The average molecular weight is 403 g/mol. The van der Waals surface area contributed by atoms with Crippen molar-refractivity contribution in [3.8, 4) is 11.5 Å². The zero-order valence-electron chi connectivity index (χ0n) is 14.9. The fourth-order valence-electron chi connectivity index (χ4n) is 2.33. The molecular weight excluding hydrogens is 384 g/mol. The van der Waals surface area contributed by atoms with Gasteiger partial charge in [-0.2, -0.15) is 4.99 Å². The number of methoxy groups -OCH3 is 1. The molecule has 0 bridgehead atoms. The van der Waals surface area contributed by atoms with E-state index in [1.165, 1.54) is 36.3 Å². The molecule has 1 N–H and O–H groups in total. The van der Waals surface area contributed by atoms with Crippen molar-refractivity contribution in [1.29, 1.82) is 0 Å². The summed E-state index contributed by atoms with van der Waals surface area (Å²) in [6, 6.07) is 4.91. The highest BCUT2D eigenvalue weighted by Crippen LogP contribution is 2.36. The second-order valence-corrected chi connectivity index (χ2v) is 7.52. The largest absolute Gasteiger partial charge is 0.504 e. The summed E-state index contributed by atoms with van der Waals surface area (Å²) in [4.78, 5) is 19.3. The summed E-state index contributed by atoms with van der Waals surface area (Å²) >= 11 is 2.67. The topological polar surface area (TPSA) is 87.9 Å². The normalized spacial score (nSPS) is 17.1. The van der Waals surface area contributed by atoms with Gasteiger partial charge >= 0.3 is 0 Å². The third kappa shape index (κ3) is 4.20. The second-order valence-electron chi connectivity index (χ2n) is 5.47. The number of phenolic OH excluding ortho intramolecular Hbond substituents is 1. The molecule has 7 nitrogen and oxygen atoms in total. The van der Waals surface area contributed by atoms with Gasteiger partial charge in [0.25, 0.3) is 5.91 Å². The van der Waals surface area contributed by atoms with Gasteiger partial charge in [0.1, 0.15) is 5.01 Å². The highest BCUT2D eigenvalue weighted by Gasteiger charge is 2.33. The van der Waals surface area contributed by atoms with E-state index >= 15 is 0 Å². The van der Waals surface area contributed by atoms with Crippen molar-refractivity contribution >= 4 is 45.4 Å². The number of rotatable bonds is 6. The van der Waals surface area contributed by atoms with Crippen LogP contribution in [-0.4, -0.2) is 44.9 Å². The summed E-state index contributed by atoms with van der Waals surface area (Å²) in [5, 5.41) is 19.8. The van der Waals surface area contributed by atoms with E-state index in [2.05, 4.69) is 21.8 Å². The molecule has 1 aromatic carbocycles. The molecule has 0 atom stereocenters. The van der Waals surface area contributed by atoms with Crippen molar-refractivity contribution < 1.29 is 14.6 Å². The monoisotopic (exact) mass is 402 g/mol. The zero-order valence-corrected chi connectivity index (χ0v) is 16.5. The minimum absolute atomic E-state index is 0.0450. The van der Waals surface area contributed by atoms with Crippen LogP contribution in [0.5, 0.6) is 11.5 Å². The van der Waals surface area contributed by atoms with E-state index in [0.29, 0.717) is 27.5 Å². The number of carbonyl (C=O) groups is 1. The molecule has 27 heavy (non-hydrogen) atoms. The second kappa shape index (κ2) is 8.36. The molecule has 1 aromatic heterocycles. The Morgan fingerprint density at radius 3 is 2.89 bits per heavy atom. The summed E-state index contributed by atoms with van der Waals surface area (Å²) in [7, 11) is 1.48. The number of aliphatic imine (C=N–C) groups is 1. The molecule has 0 saturated carbocycles. The third-order valence-corrected chi connectivity index (χ3v) is 5.62. The molecule has 3 rings (SSSR count). The molecule has 1 aliphatic heterocycles. The fourth-order valence-corrected chi connectivity index (χ4v) is 4.03. The molecule has 2 heterocycles. The molecule has 2 aromatic rings. The standard InChI is InChI=1S/C18H18N4O3S2/c1-4-8-22-16(24)14(10-11-6-7-12(23)13(9-11)25-3)26-18(22)19-17-21-20-15(5-2)27-17/h4,6-7,9-10,23H,1,5,8H2,2-3H3/b14-10-,19-18-. The molecular formula is C18H18N4O3S2. The number of thioether (sulfide) groups is 1. The molecule has 9 heteroatoms. The number of amidine groups is 1. The lowest BCUT2D eigenvalue weighted by Gasteiger charge is -2.11. The van der Waals surface area contributed by atoms with Crippen LogP contribution < -0.4 is 4.74 Å². The van der Waals surface area contributed by atoms with Crippen LogP contribution >= 0.6 is 23.1 Å². The zero-order chi connectivity index (χ0) is 19.4. The summed E-state index contributed by atoms with van der Waals surface area (Å²) < 4.78 is 5.12. The molecule has 0 spiro atoms. The first kappa shape index (κ1) is 19.1. The Hall–Kier alpha value is -2.65. The number of benzene rings is 1. The molecule has 0 aliphatic carbocycles. The van der Waals surface area contributed by atoms with Gasteiger partial charge in [-0.15, -0.1) is 16.8 Å². The van der Waals surface area contributed by atoms with Crippen LogP contribution in [0.4, 0.5) is 5.13 Å². The Morgan fingerprint density at radius 1 is 1.41 bits per heavy atom. The summed E-state index contributed by atoms with van der Waals surface area (Å²) in [5.74, 6) is 0.229. The molecule has 1 aliphatic rings. The number of carbonyl (C=O) groups excluding carboxylic acids is 1. The molecule has 1 amide bonds. The Morgan fingerprint density at radius 2 is 2.22 bits per heavy atom. The molecule has 0 unspecified atom stereocenters. The Labute approximate surface area is 165 Å². The molecule has 1 fully saturated rings. The van der Waals surface area contributed by atoms with Crippen molar-refractivity contribution in [2.24, 2.45) is 4.99 Å². The number of aryl methyl sites for hydroxylation is 1. The van der Waals surface area contributed by atoms with Gasteiger partial charge in [-0.25, -0.2) is 0 Å². The van der Waals surface area contributed by atoms with E-state index in [0.717, 1.165) is 17.0 Å². The van der Waals surface area contributed by atoms with Gasteiger partial charge in [0.15, 0.2) is 16.7 Å². The first-order valence-electron chi connectivity index (χ1n) is 8.16. The van der Waals surface area contributed by atoms with Gasteiger partial charge in [0.05, 0.1) is 12.0 Å². The Bertz CT molecular complexity index is 936. The van der Waals surface area contributed by atoms with E-state index in [-0.39, 0.29) is 11.7 Å². The van der Waals surface area contributed by atoms with E-state index < -0.39 is 0 Å². The van der Waals surface area contributed by atoms with Crippen LogP contribution in [0.3, 0.4) is 0 Å². The van der Waals surface area contributed by atoms with Gasteiger partial charge in [0, 0.05) is 6.54 Å². The number of aromatic nitrogens is 2. The van der Waals surface area contributed by atoms with Crippen LogP contribution in [0.15, 0.2) is 40.8 Å². The number of ether oxygens (including phenoxy) is 1. The summed E-state index contributed by atoms with van der Waals surface area (Å²) in [6.45, 7) is 6.06. The van der Waals surface area contributed by atoms with Gasteiger partial charge in [-0.05, 0) is 42.0 Å². The maximum absolute atomic E-state index is 12.8.